The molecule has 0 aliphatic carbocycles. The first-order valence-corrected chi connectivity index (χ1v) is 11.0. The Morgan fingerprint density at radius 1 is 0.933 bits per heavy atom. The lowest BCUT2D eigenvalue weighted by molar-refractivity contribution is 0.103. The molecule has 1 aromatic heterocycles. The van der Waals surface area contributed by atoms with Crippen LogP contribution >= 0.6 is 23.2 Å². The first-order valence-electron chi connectivity index (χ1n) is 8.83. The lowest BCUT2D eigenvalue weighted by Gasteiger charge is -2.12. The summed E-state index contributed by atoms with van der Waals surface area (Å²) >= 11 is 12.2. The van der Waals surface area contributed by atoms with Crippen molar-refractivity contribution in [2.75, 3.05) is 7.11 Å². The molecule has 0 aliphatic rings. The van der Waals surface area contributed by atoms with Gasteiger partial charge in [-0.2, -0.15) is 0 Å². The summed E-state index contributed by atoms with van der Waals surface area (Å²) in [6.45, 7) is 0. The molecule has 3 aromatic carbocycles. The van der Waals surface area contributed by atoms with E-state index in [9.17, 15) is 13.2 Å². The topological polar surface area (TPSA) is 65.4 Å². The van der Waals surface area contributed by atoms with Gasteiger partial charge in [-0.05, 0) is 36.4 Å². The third kappa shape index (κ3) is 3.37. The lowest BCUT2D eigenvalue weighted by atomic mass is 10.1. The van der Waals surface area contributed by atoms with Gasteiger partial charge in [0.05, 0.1) is 22.5 Å². The van der Waals surface area contributed by atoms with Crippen molar-refractivity contribution in [1.29, 1.82) is 0 Å². The van der Waals surface area contributed by atoms with Crippen LogP contribution < -0.4 is 4.74 Å². The quantitative estimate of drug-likeness (QED) is 0.373. The van der Waals surface area contributed by atoms with Crippen molar-refractivity contribution in [1.82, 2.24) is 3.97 Å². The van der Waals surface area contributed by atoms with Gasteiger partial charge >= 0.3 is 0 Å². The summed E-state index contributed by atoms with van der Waals surface area (Å²) in [6.07, 6.45) is 0. The van der Waals surface area contributed by atoms with Crippen LogP contribution in [0.2, 0.25) is 10.0 Å². The number of para-hydroxylation sites is 1. The molecule has 4 rings (SSSR count). The maximum atomic E-state index is 13.4. The van der Waals surface area contributed by atoms with Crippen LogP contribution in [-0.2, 0) is 10.0 Å². The van der Waals surface area contributed by atoms with Gasteiger partial charge in [0.2, 0.25) is 5.78 Å². The molecule has 0 saturated carbocycles. The summed E-state index contributed by atoms with van der Waals surface area (Å²) in [7, 11) is -2.63. The van der Waals surface area contributed by atoms with Gasteiger partial charge in [-0.15, -0.1) is 0 Å². The highest BCUT2D eigenvalue weighted by Gasteiger charge is 2.27. The highest BCUT2D eigenvalue weighted by atomic mass is 35.5. The highest BCUT2D eigenvalue weighted by molar-refractivity contribution is 7.90. The van der Waals surface area contributed by atoms with E-state index < -0.39 is 15.8 Å². The predicted molar refractivity (Wildman–Crippen MR) is 117 cm³/mol. The second kappa shape index (κ2) is 7.80. The third-order valence-corrected chi connectivity index (χ3v) is 7.18. The number of benzene rings is 3. The summed E-state index contributed by atoms with van der Waals surface area (Å²) in [6, 6.07) is 19.2. The second-order valence-corrected chi connectivity index (χ2v) is 9.05. The summed E-state index contributed by atoms with van der Waals surface area (Å²) in [5, 5.41) is 0.925. The number of ketones is 1. The normalized spacial score (nSPS) is 11.6. The van der Waals surface area contributed by atoms with Crippen LogP contribution in [0.3, 0.4) is 0 Å². The van der Waals surface area contributed by atoms with Crippen LogP contribution in [0.25, 0.3) is 10.9 Å². The number of halogens is 2. The molecule has 0 spiro atoms. The standard InChI is InChI=1S/C22H15Cl2NO4S/c1-29-20-13-15(11-17(23)21(20)24)22(26)19-12-14-7-5-6-10-18(14)25(19)30(27,28)16-8-3-2-4-9-16/h2-13H,1H3. The van der Waals surface area contributed by atoms with Crippen LogP contribution in [0.4, 0.5) is 0 Å². The molecule has 30 heavy (non-hydrogen) atoms. The highest BCUT2D eigenvalue weighted by Crippen LogP contribution is 2.35. The summed E-state index contributed by atoms with van der Waals surface area (Å²) in [5.41, 5.74) is 0.547. The number of carbonyl (C=O) groups excluding carboxylic acids is 1. The number of rotatable bonds is 5. The fraction of sp³-hybridized carbons (Fsp3) is 0.0455. The zero-order chi connectivity index (χ0) is 21.5. The summed E-state index contributed by atoms with van der Waals surface area (Å²) < 4.78 is 33.1. The van der Waals surface area contributed by atoms with Crippen LogP contribution in [0.1, 0.15) is 16.1 Å². The van der Waals surface area contributed by atoms with Crippen molar-refractivity contribution >= 4 is 49.9 Å². The third-order valence-electron chi connectivity index (χ3n) is 4.66. The molecule has 5 nitrogen and oxygen atoms in total. The molecule has 8 heteroatoms. The maximum absolute atomic E-state index is 13.4. The lowest BCUT2D eigenvalue weighted by Crippen LogP contribution is -2.19. The van der Waals surface area contributed by atoms with Crippen LogP contribution in [0, 0.1) is 0 Å². The van der Waals surface area contributed by atoms with Crippen molar-refractivity contribution in [2.45, 2.75) is 4.90 Å². The van der Waals surface area contributed by atoms with Gasteiger partial charge in [0.25, 0.3) is 10.0 Å². The van der Waals surface area contributed by atoms with Crippen LogP contribution in [0.15, 0.2) is 77.7 Å². The van der Waals surface area contributed by atoms with E-state index in [1.54, 1.807) is 48.5 Å². The first-order chi connectivity index (χ1) is 14.3. The van der Waals surface area contributed by atoms with Crippen LogP contribution in [0.5, 0.6) is 5.75 Å². The zero-order valence-electron chi connectivity index (χ0n) is 15.7. The fourth-order valence-electron chi connectivity index (χ4n) is 3.24. The van der Waals surface area contributed by atoms with Gasteiger partial charge in [0.1, 0.15) is 16.5 Å². The number of methoxy groups -OCH3 is 1. The molecule has 0 aliphatic heterocycles. The Morgan fingerprint density at radius 2 is 1.60 bits per heavy atom. The van der Waals surface area contributed by atoms with Crippen molar-refractivity contribution in [3.8, 4) is 5.75 Å². The number of nitrogens with zero attached hydrogens (tertiary/aromatic N) is 1. The van der Waals surface area contributed by atoms with Crippen molar-refractivity contribution < 1.29 is 17.9 Å². The fourth-order valence-corrected chi connectivity index (χ4v) is 5.16. The molecule has 0 unspecified atom stereocenters. The Hall–Kier alpha value is -2.80. The van der Waals surface area contributed by atoms with E-state index in [4.69, 9.17) is 27.9 Å². The van der Waals surface area contributed by atoms with E-state index in [0.717, 1.165) is 3.97 Å². The Balaban J connectivity index is 1.98. The molecule has 0 amide bonds. The first kappa shape index (κ1) is 20.5. The number of hydrogen-bond donors (Lipinski definition) is 0. The molecular formula is C22H15Cl2NO4S. The number of aromatic nitrogens is 1. The molecule has 0 fully saturated rings. The molecule has 1 heterocycles. The minimum atomic E-state index is -4.03. The van der Waals surface area contributed by atoms with E-state index in [1.165, 1.54) is 31.4 Å². The summed E-state index contributed by atoms with van der Waals surface area (Å²) in [4.78, 5) is 13.5. The number of fused-ring (bicyclic) bond motifs is 1. The van der Waals surface area contributed by atoms with E-state index in [2.05, 4.69) is 0 Å². The van der Waals surface area contributed by atoms with Gasteiger partial charge in [-0.25, -0.2) is 12.4 Å². The predicted octanol–water partition coefficient (Wildman–Crippen LogP) is 5.42. The Labute approximate surface area is 183 Å². The van der Waals surface area contributed by atoms with Crippen LogP contribution in [-0.4, -0.2) is 25.3 Å². The van der Waals surface area contributed by atoms with Crippen molar-refractivity contribution in [2.24, 2.45) is 0 Å². The minimum absolute atomic E-state index is 0.0134. The van der Waals surface area contributed by atoms with Gasteiger partial charge < -0.3 is 4.74 Å². The SMILES string of the molecule is COc1cc(C(=O)c2cc3ccccc3n2S(=O)(=O)c2ccccc2)cc(Cl)c1Cl. The number of carbonyl (C=O) groups is 1. The Morgan fingerprint density at radius 3 is 2.30 bits per heavy atom. The summed E-state index contributed by atoms with van der Waals surface area (Å²) in [5.74, 6) is -0.302. The largest absolute Gasteiger partial charge is 0.495 e. The molecule has 4 aromatic rings. The van der Waals surface area contributed by atoms with E-state index in [1.807, 2.05) is 0 Å². The number of hydrogen-bond acceptors (Lipinski definition) is 4. The molecule has 0 N–H and O–H groups in total. The molecule has 152 valence electrons. The van der Waals surface area contributed by atoms with Gasteiger partial charge in [-0.3, -0.25) is 4.79 Å². The monoisotopic (exact) mass is 459 g/mol. The van der Waals surface area contributed by atoms with Crippen molar-refractivity contribution in [3.63, 3.8) is 0 Å². The van der Waals surface area contributed by atoms with E-state index in [0.29, 0.717) is 10.9 Å². The Kier molecular flexibility index (Phi) is 5.32. The average Bonchev–Trinajstić information content (AvgIpc) is 3.16. The smallest absolute Gasteiger partial charge is 0.268 e. The van der Waals surface area contributed by atoms with Crippen molar-refractivity contribution in [3.05, 3.63) is 94.1 Å². The van der Waals surface area contributed by atoms with Gasteiger partial charge in [0, 0.05) is 10.9 Å². The van der Waals surface area contributed by atoms with Gasteiger partial charge in [0.15, 0.2) is 0 Å². The van der Waals surface area contributed by atoms with E-state index in [-0.39, 0.29) is 31.9 Å². The van der Waals surface area contributed by atoms with E-state index >= 15 is 0 Å². The maximum Gasteiger partial charge on any atom is 0.268 e. The Bertz CT molecular complexity index is 1380. The molecular weight excluding hydrogens is 445 g/mol. The number of ether oxygens (including phenoxy) is 1. The average molecular weight is 460 g/mol. The molecule has 0 atom stereocenters. The molecule has 0 bridgehead atoms. The molecule has 0 saturated heterocycles. The minimum Gasteiger partial charge on any atom is -0.495 e. The second-order valence-electron chi connectivity index (χ2n) is 6.47. The zero-order valence-corrected chi connectivity index (χ0v) is 18.0. The molecule has 0 radical (unpaired) electrons. The van der Waals surface area contributed by atoms with Gasteiger partial charge in [-0.1, -0.05) is 59.6 Å².